The van der Waals surface area contributed by atoms with Crippen LogP contribution in [0.15, 0.2) is 0 Å². The van der Waals surface area contributed by atoms with E-state index < -0.39 is 0 Å². The van der Waals surface area contributed by atoms with Crippen molar-refractivity contribution in [3.63, 3.8) is 0 Å². The zero-order valence-corrected chi connectivity index (χ0v) is 7.88. The molecule has 2 nitrogen and oxygen atoms in total. The number of ether oxygens (including phenoxy) is 1. The van der Waals surface area contributed by atoms with Gasteiger partial charge in [0.05, 0.1) is 6.61 Å². The fourth-order valence-corrected chi connectivity index (χ4v) is 2.01. The summed E-state index contributed by atoms with van der Waals surface area (Å²) in [6, 6.07) is 1.57. The molecule has 0 amide bonds. The van der Waals surface area contributed by atoms with Crippen molar-refractivity contribution in [1.29, 1.82) is 0 Å². The lowest BCUT2D eigenvalue weighted by atomic mass is 9.97. The van der Waals surface area contributed by atoms with Gasteiger partial charge in [-0.05, 0) is 31.6 Å². The average molecular weight is 169 g/mol. The van der Waals surface area contributed by atoms with Crippen LogP contribution in [0.25, 0.3) is 0 Å². The predicted octanol–water partition coefficient (Wildman–Crippen LogP) is 1.55. The van der Waals surface area contributed by atoms with E-state index in [9.17, 15) is 0 Å². The molecule has 2 rings (SSSR count). The van der Waals surface area contributed by atoms with Gasteiger partial charge in [-0.1, -0.05) is 6.92 Å². The molecule has 1 aliphatic carbocycles. The van der Waals surface area contributed by atoms with Crippen LogP contribution < -0.4 is 5.32 Å². The summed E-state index contributed by atoms with van der Waals surface area (Å²) < 4.78 is 5.40. The van der Waals surface area contributed by atoms with E-state index in [1.165, 1.54) is 25.7 Å². The first kappa shape index (κ1) is 8.52. The van der Waals surface area contributed by atoms with E-state index in [1.807, 2.05) is 0 Å². The first-order valence-electron chi connectivity index (χ1n) is 5.24. The third kappa shape index (κ3) is 1.99. The van der Waals surface area contributed by atoms with Crippen molar-refractivity contribution < 1.29 is 4.74 Å². The maximum Gasteiger partial charge on any atom is 0.0510 e. The van der Waals surface area contributed by atoms with Crippen LogP contribution in [0.5, 0.6) is 0 Å². The molecule has 0 spiro atoms. The lowest BCUT2D eigenvalue weighted by Gasteiger charge is -2.21. The molecule has 70 valence electrons. The molecule has 1 saturated heterocycles. The highest BCUT2D eigenvalue weighted by Crippen LogP contribution is 2.25. The van der Waals surface area contributed by atoms with Crippen molar-refractivity contribution in [1.82, 2.24) is 5.32 Å². The number of hydrogen-bond donors (Lipinski definition) is 1. The Morgan fingerprint density at radius 3 is 2.75 bits per heavy atom. The van der Waals surface area contributed by atoms with E-state index in [2.05, 4.69) is 12.2 Å². The van der Waals surface area contributed by atoms with Gasteiger partial charge in [0.2, 0.25) is 0 Å². The van der Waals surface area contributed by atoms with E-state index in [1.54, 1.807) is 0 Å². The molecule has 2 heteroatoms. The van der Waals surface area contributed by atoms with Crippen LogP contribution in [0, 0.1) is 5.92 Å². The third-order valence-corrected chi connectivity index (χ3v) is 3.00. The molecule has 0 bridgehead atoms. The SMILES string of the molecule is CCC(NC1CC1)C1CCOC1. The first-order chi connectivity index (χ1) is 5.90. The van der Waals surface area contributed by atoms with Gasteiger partial charge >= 0.3 is 0 Å². The van der Waals surface area contributed by atoms with Gasteiger partial charge in [-0.3, -0.25) is 0 Å². The van der Waals surface area contributed by atoms with Gasteiger partial charge in [0.1, 0.15) is 0 Å². The Bertz CT molecular complexity index is 139. The van der Waals surface area contributed by atoms with Crippen LogP contribution in [0.1, 0.15) is 32.6 Å². The Labute approximate surface area is 74.7 Å². The van der Waals surface area contributed by atoms with E-state index >= 15 is 0 Å². The quantitative estimate of drug-likeness (QED) is 0.689. The number of nitrogens with one attached hydrogen (secondary N) is 1. The van der Waals surface area contributed by atoms with E-state index in [-0.39, 0.29) is 0 Å². The molecular weight excluding hydrogens is 150 g/mol. The van der Waals surface area contributed by atoms with Crippen molar-refractivity contribution in [2.75, 3.05) is 13.2 Å². The molecule has 1 saturated carbocycles. The summed E-state index contributed by atoms with van der Waals surface area (Å²) in [6.45, 7) is 4.24. The minimum atomic E-state index is 0.722. The molecule has 0 aromatic heterocycles. The molecule has 0 aromatic rings. The second kappa shape index (κ2) is 3.75. The first-order valence-corrected chi connectivity index (χ1v) is 5.24. The molecule has 2 unspecified atom stereocenters. The molecule has 0 radical (unpaired) electrons. The molecule has 1 heterocycles. The molecule has 2 atom stereocenters. The van der Waals surface area contributed by atoms with E-state index in [0.29, 0.717) is 0 Å². The van der Waals surface area contributed by atoms with Crippen LogP contribution in [0.3, 0.4) is 0 Å². The maximum atomic E-state index is 5.40. The summed E-state index contributed by atoms with van der Waals surface area (Å²) in [5.41, 5.74) is 0. The molecule has 0 aromatic carbocycles. The summed E-state index contributed by atoms with van der Waals surface area (Å²) >= 11 is 0. The van der Waals surface area contributed by atoms with Crippen molar-refractivity contribution in [3.05, 3.63) is 0 Å². The van der Waals surface area contributed by atoms with Crippen LogP contribution in [0.4, 0.5) is 0 Å². The minimum absolute atomic E-state index is 0.722. The van der Waals surface area contributed by atoms with Crippen LogP contribution in [-0.4, -0.2) is 25.3 Å². The van der Waals surface area contributed by atoms with E-state index in [0.717, 1.165) is 31.2 Å². The van der Waals surface area contributed by atoms with Crippen molar-refractivity contribution >= 4 is 0 Å². The predicted molar refractivity (Wildman–Crippen MR) is 49.2 cm³/mol. The van der Waals surface area contributed by atoms with E-state index in [4.69, 9.17) is 4.74 Å². The lowest BCUT2D eigenvalue weighted by Crippen LogP contribution is -2.37. The maximum absolute atomic E-state index is 5.40. The Morgan fingerprint density at radius 2 is 2.25 bits per heavy atom. The highest BCUT2D eigenvalue weighted by atomic mass is 16.5. The van der Waals surface area contributed by atoms with Crippen LogP contribution in [-0.2, 0) is 4.74 Å². The number of hydrogen-bond acceptors (Lipinski definition) is 2. The standard InChI is InChI=1S/C10H19NO/c1-2-10(11-9-3-4-9)8-5-6-12-7-8/h8-11H,2-7H2,1H3. The van der Waals surface area contributed by atoms with Gasteiger partial charge < -0.3 is 10.1 Å². The minimum Gasteiger partial charge on any atom is -0.381 e. The summed E-state index contributed by atoms with van der Waals surface area (Å²) in [6.07, 6.45) is 5.30. The molecule has 2 fully saturated rings. The smallest absolute Gasteiger partial charge is 0.0510 e. The summed E-state index contributed by atoms with van der Waals surface area (Å²) in [5.74, 6) is 0.788. The average Bonchev–Trinajstić information content (AvgIpc) is 2.74. The summed E-state index contributed by atoms with van der Waals surface area (Å²) in [7, 11) is 0. The van der Waals surface area contributed by atoms with Crippen molar-refractivity contribution in [3.8, 4) is 0 Å². The van der Waals surface area contributed by atoms with Crippen molar-refractivity contribution in [2.45, 2.75) is 44.7 Å². The molecule has 2 aliphatic rings. The topological polar surface area (TPSA) is 21.3 Å². The Kier molecular flexibility index (Phi) is 2.66. The van der Waals surface area contributed by atoms with Gasteiger partial charge in [0.15, 0.2) is 0 Å². The Hall–Kier alpha value is -0.0800. The molecular formula is C10H19NO. The van der Waals surface area contributed by atoms with Crippen molar-refractivity contribution in [2.24, 2.45) is 5.92 Å². The monoisotopic (exact) mass is 169 g/mol. The fraction of sp³-hybridized carbons (Fsp3) is 1.00. The molecule has 12 heavy (non-hydrogen) atoms. The van der Waals surface area contributed by atoms with Gasteiger partial charge in [0, 0.05) is 18.7 Å². The number of rotatable bonds is 4. The Balaban J connectivity index is 1.78. The van der Waals surface area contributed by atoms with Crippen LogP contribution in [0.2, 0.25) is 0 Å². The highest BCUT2D eigenvalue weighted by molar-refractivity contribution is 4.88. The molecule has 1 N–H and O–H groups in total. The molecule has 1 aliphatic heterocycles. The van der Waals surface area contributed by atoms with Gasteiger partial charge in [0.25, 0.3) is 0 Å². The highest BCUT2D eigenvalue weighted by Gasteiger charge is 2.29. The second-order valence-corrected chi connectivity index (χ2v) is 4.08. The normalized spacial score (nSPS) is 32.2. The zero-order valence-electron chi connectivity index (χ0n) is 7.88. The summed E-state index contributed by atoms with van der Waals surface area (Å²) in [5, 5.41) is 3.70. The largest absolute Gasteiger partial charge is 0.381 e. The van der Waals surface area contributed by atoms with Gasteiger partial charge in [-0.25, -0.2) is 0 Å². The third-order valence-electron chi connectivity index (χ3n) is 3.00. The summed E-state index contributed by atoms with van der Waals surface area (Å²) in [4.78, 5) is 0. The fourth-order valence-electron chi connectivity index (χ4n) is 2.01. The van der Waals surface area contributed by atoms with Gasteiger partial charge in [-0.2, -0.15) is 0 Å². The lowest BCUT2D eigenvalue weighted by molar-refractivity contribution is 0.175. The second-order valence-electron chi connectivity index (χ2n) is 4.08. The van der Waals surface area contributed by atoms with Crippen LogP contribution >= 0.6 is 0 Å². The Morgan fingerprint density at radius 1 is 1.42 bits per heavy atom. The van der Waals surface area contributed by atoms with Gasteiger partial charge in [-0.15, -0.1) is 0 Å². The zero-order chi connectivity index (χ0) is 8.39.